The van der Waals surface area contributed by atoms with Crippen LogP contribution < -0.4 is 10.6 Å². The standard InChI is InChI=1S/C35H36ClFN8O5/c1-35(2,3)50-34(49)21-9-11-22(12-10-21)39-33(48)32-24-7-6-8-27(40-29(46)19-43(4)5)23(24)17-18-44(32)30(47)16-13-25-28(45-20-38-41-42-45)15-14-26(36)31(25)37/h6-16,20,32H,17-19H2,1-5H3,(H,39,48)(H,40,46)/b16-13+. The fourth-order valence-electron chi connectivity index (χ4n) is 5.46. The van der Waals surface area contributed by atoms with Crippen LogP contribution in [0.1, 0.15) is 53.9 Å². The molecule has 1 aliphatic heterocycles. The number of hydrogen-bond acceptors (Lipinski definition) is 9. The van der Waals surface area contributed by atoms with Crippen molar-refractivity contribution in [3.05, 3.63) is 100 Å². The van der Waals surface area contributed by atoms with E-state index in [1.54, 1.807) is 70.1 Å². The zero-order valence-electron chi connectivity index (χ0n) is 28.1. The van der Waals surface area contributed by atoms with Crippen molar-refractivity contribution in [1.82, 2.24) is 30.0 Å². The van der Waals surface area contributed by atoms with E-state index in [4.69, 9.17) is 16.3 Å². The molecule has 13 nitrogen and oxygen atoms in total. The molecule has 1 aromatic heterocycles. The Kier molecular flexibility index (Phi) is 10.7. The van der Waals surface area contributed by atoms with E-state index in [0.29, 0.717) is 34.5 Å². The summed E-state index contributed by atoms with van der Waals surface area (Å²) in [5, 5.41) is 16.6. The van der Waals surface area contributed by atoms with Gasteiger partial charge in [-0.05, 0) is 111 Å². The van der Waals surface area contributed by atoms with E-state index in [-0.39, 0.29) is 35.3 Å². The number of nitrogens with one attached hydrogen (secondary N) is 2. The number of carbonyl (C=O) groups is 4. The zero-order valence-corrected chi connectivity index (χ0v) is 28.9. The van der Waals surface area contributed by atoms with Crippen molar-refractivity contribution in [2.24, 2.45) is 0 Å². The van der Waals surface area contributed by atoms with Crippen LogP contribution in [-0.4, -0.2) is 86.5 Å². The second kappa shape index (κ2) is 15.0. The molecule has 1 atom stereocenters. The topological polar surface area (TPSA) is 152 Å². The minimum Gasteiger partial charge on any atom is -0.456 e. The Bertz CT molecular complexity index is 1940. The Balaban J connectivity index is 1.48. The molecule has 2 N–H and O–H groups in total. The molecule has 0 saturated carbocycles. The summed E-state index contributed by atoms with van der Waals surface area (Å²) < 4.78 is 21.9. The SMILES string of the molecule is CN(C)CC(=O)Nc1cccc2c1CCN(C(=O)/C=C/c1c(-n3cnnn3)ccc(Cl)c1F)C2C(=O)Nc1ccc(C(=O)OC(C)(C)C)cc1. The second-order valence-electron chi connectivity index (χ2n) is 12.8. The number of likely N-dealkylation sites (N-methyl/N-ethyl adjacent to an activating group) is 1. The van der Waals surface area contributed by atoms with Gasteiger partial charge in [0.05, 0.1) is 22.8 Å². The number of rotatable bonds is 9. The van der Waals surface area contributed by atoms with E-state index < -0.39 is 35.2 Å². The third-order valence-corrected chi connectivity index (χ3v) is 7.86. The lowest BCUT2D eigenvalue weighted by molar-refractivity contribution is -0.135. The molecule has 0 radical (unpaired) electrons. The fourth-order valence-corrected chi connectivity index (χ4v) is 5.62. The van der Waals surface area contributed by atoms with Crippen LogP contribution in [0.4, 0.5) is 15.8 Å². The lowest BCUT2D eigenvalue weighted by atomic mass is 9.90. The molecule has 1 unspecified atom stereocenters. The van der Waals surface area contributed by atoms with Crippen LogP contribution in [0.5, 0.6) is 0 Å². The first-order valence-electron chi connectivity index (χ1n) is 15.6. The van der Waals surface area contributed by atoms with Gasteiger partial charge in [0.2, 0.25) is 11.8 Å². The maximum Gasteiger partial charge on any atom is 0.338 e. The maximum absolute atomic E-state index is 15.3. The summed E-state index contributed by atoms with van der Waals surface area (Å²) in [5.74, 6) is -2.66. The van der Waals surface area contributed by atoms with E-state index in [2.05, 4.69) is 26.2 Å². The van der Waals surface area contributed by atoms with Crippen LogP contribution in [0.15, 0.2) is 67.0 Å². The summed E-state index contributed by atoms with van der Waals surface area (Å²) in [7, 11) is 3.55. The predicted octanol–water partition coefficient (Wildman–Crippen LogP) is 4.69. The Morgan fingerprint density at radius 1 is 1.06 bits per heavy atom. The van der Waals surface area contributed by atoms with Crippen LogP contribution in [0.3, 0.4) is 0 Å². The quantitative estimate of drug-likeness (QED) is 0.187. The minimum atomic E-state index is -1.14. The van der Waals surface area contributed by atoms with Crippen molar-refractivity contribution < 1.29 is 28.3 Å². The third-order valence-electron chi connectivity index (χ3n) is 7.57. The van der Waals surface area contributed by atoms with Gasteiger partial charge >= 0.3 is 5.97 Å². The molecule has 0 fully saturated rings. The summed E-state index contributed by atoms with van der Waals surface area (Å²) in [6.45, 7) is 5.55. The van der Waals surface area contributed by atoms with Crippen molar-refractivity contribution in [2.75, 3.05) is 37.8 Å². The van der Waals surface area contributed by atoms with Gasteiger partial charge in [0.15, 0.2) is 5.82 Å². The van der Waals surface area contributed by atoms with Gasteiger partial charge in [-0.3, -0.25) is 14.4 Å². The highest BCUT2D eigenvalue weighted by Crippen LogP contribution is 2.36. The summed E-state index contributed by atoms with van der Waals surface area (Å²) in [5.41, 5.74) is 1.95. The maximum atomic E-state index is 15.3. The number of aromatic nitrogens is 4. The Morgan fingerprint density at radius 2 is 1.80 bits per heavy atom. The van der Waals surface area contributed by atoms with Gasteiger partial charge in [0.1, 0.15) is 18.0 Å². The minimum absolute atomic E-state index is 0.0347. The van der Waals surface area contributed by atoms with Crippen LogP contribution >= 0.6 is 11.6 Å². The largest absolute Gasteiger partial charge is 0.456 e. The summed E-state index contributed by atoms with van der Waals surface area (Å²) >= 11 is 6.07. The number of esters is 1. The molecule has 0 saturated heterocycles. The first kappa shape index (κ1) is 35.8. The lowest BCUT2D eigenvalue weighted by Gasteiger charge is -2.36. The summed E-state index contributed by atoms with van der Waals surface area (Å²) in [4.78, 5) is 56.3. The molecule has 15 heteroatoms. The van der Waals surface area contributed by atoms with Crippen molar-refractivity contribution in [3.8, 4) is 5.69 Å². The highest BCUT2D eigenvalue weighted by molar-refractivity contribution is 6.31. The molecular formula is C35H36ClFN8O5. The van der Waals surface area contributed by atoms with E-state index in [9.17, 15) is 19.2 Å². The molecule has 4 aromatic rings. The van der Waals surface area contributed by atoms with E-state index in [1.165, 1.54) is 46.3 Å². The number of amides is 3. The van der Waals surface area contributed by atoms with E-state index in [0.717, 1.165) is 6.08 Å². The third kappa shape index (κ3) is 8.39. The number of hydrogen-bond donors (Lipinski definition) is 2. The van der Waals surface area contributed by atoms with Crippen molar-refractivity contribution in [1.29, 1.82) is 0 Å². The Hall–Kier alpha value is -5.47. The van der Waals surface area contributed by atoms with Gasteiger partial charge in [-0.1, -0.05) is 23.7 Å². The molecule has 50 heavy (non-hydrogen) atoms. The van der Waals surface area contributed by atoms with Gasteiger partial charge in [-0.15, -0.1) is 5.10 Å². The van der Waals surface area contributed by atoms with Gasteiger partial charge in [-0.25, -0.2) is 9.18 Å². The summed E-state index contributed by atoms with van der Waals surface area (Å²) in [6, 6.07) is 13.1. The molecule has 1 aliphatic rings. The number of anilines is 2. The van der Waals surface area contributed by atoms with E-state index in [1.807, 2.05) is 0 Å². The molecule has 3 aromatic carbocycles. The fraction of sp³-hybridized carbons (Fsp3) is 0.286. The normalized spacial score (nSPS) is 14.4. The average Bonchev–Trinajstić information content (AvgIpc) is 3.59. The molecule has 260 valence electrons. The number of fused-ring (bicyclic) bond motifs is 1. The number of tetrazole rings is 1. The number of nitrogens with zero attached hydrogens (tertiary/aromatic N) is 6. The van der Waals surface area contributed by atoms with E-state index >= 15 is 4.39 Å². The van der Waals surface area contributed by atoms with Gasteiger partial charge < -0.3 is 25.2 Å². The first-order valence-corrected chi connectivity index (χ1v) is 16.0. The lowest BCUT2D eigenvalue weighted by Crippen LogP contribution is -2.45. The average molecular weight is 703 g/mol. The smallest absolute Gasteiger partial charge is 0.338 e. The predicted molar refractivity (Wildman–Crippen MR) is 185 cm³/mol. The number of ether oxygens (including phenoxy) is 1. The molecule has 0 aliphatic carbocycles. The summed E-state index contributed by atoms with van der Waals surface area (Å²) in [6.07, 6.45) is 4.02. The van der Waals surface area contributed by atoms with Crippen molar-refractivity contribution in [3.63, 3.8) is 0 Å². The van der Waals surface area contributed by atoms with Crippen molar-refractivity contribution in [2.45, 2.75) is 38.8 Å². The number of benzene rings is 3. The highest BCUT2D eigenvalue weighted by atomic mass is 35.5. The monoisotopic (exact) mass is 702 g/mol. The molecule has 5 rings (SSSR count). The highest BCUT2D eigenvalue weighted by Gasteiger charge is 2.36. The number of carbonyl (C=O) groups excluding carboxylic acids is 4. The zero-order chi connectivity index (χ0) is 36.2. The van der Waals surface area contributed by atoms with Gasteiger partial charge in [0, 0.05) is 29.6 Å². The number of halogens is 2. The molecule has 2 heterocycles. The molecule has 0 spiro atoms. The Labute approximate surface area is 293 Å². The Morgan fingerprint density at radius 3 is 2.46 bits per heavy atom. The van der Waals surface area contributed by atoms with Gasteiger partial charge in [-0.2, -0.15) is 4.68 Å². The van der Waals surface area contributed by atoms with Crippen molar-refractivity contribution >= 4 is 52.7 Å². The van der Waals surface area contributed by atoms with Crippen LogP contribution in [0.25, 0.3) is 11.8 Å². The van der Waals surface area contributed by atoms with Gasteiger partial charge in [0.25, 0.3) is 5.91 Å². The molecule has 3 amide bonds. The van der Waals surface area contributed by atoms with Crippen LogP contribution in [0.2, 0.25) is 5.02 Å². The molecule has 0 bridgehead atoms. The molecular weight excluding hydrogens is 667 g/mol. The second-order valence-corrected chi connectivity index (χ2v) is 13.2. The first-order chi connectivity index (χ1) is 23.7. The van der Waals surface area contributed by atoms with Crippen LogP contribution in [0, 0.1) is 5.82 Å². The van der Waals surface area contributed by atoms with Crippen LogP contribution in [-0.2, 0) is 25.5 Å².